The number of hydrogen-bond acceptors (Lipinski definition) is 2. The van der Waals surface area contributed by atoms with Crippen molar-refractivity contribution in [3.8, 4) is 0 Å². The van der Waals surface area contributed by atoms with E-state index in [1.165, 1.54) is 63.9 Å². The van der Waals surface area contributed by atoms with Crippen LogP contribution in [-0.4, -0.2) is 5.97 Å². The number of hydrogen-bond donors (Lipinski definition) is 0. The summed E-state index contributed by atoms with van der Waals surface area (Å²) >= 11 is 0. The van der Waals surface area contributed by atoms with Crippen molar-refractivity contribution in [1.82, 2.24) is 0 Å². The zero-order chi connectivity index (χ0) is 23.4. The minimum Gasteiger partial charge on any atom is -0.402 e. The van der Waals surface area contributed by atoms with Crippen molar-refractivity contribution in [2.45, 2.75) is 86.3 Å². The van der Waals surface area contributed by atoms with Crippen LogP contribution in [0.2, 0.25) is 0 Å². The van der Waals surface area contributed by atoms with Crippen LogP contribution in [0.1, 0.15) is 70.8 Å². The summed E-state index contributed by atoms with van der Waals surface area (Å²) in [7, 11) is -2.14. The molecule has 0 aromatic heterocycles. The second kappa shape index (κ2) is 13.3. The number of rotatable bonds is 13. The average Bonchev–Trinajstić information content (AvgIpc) is 2.85. The summed E-state index contributed by atoms with van der Waals surface area (Å²) in [6.07, 6.45) is 11.8. The van der Waals surface area contributed by atoms with Gasteiger partial charge in [0.1, 0.15) is 0 Å². The Hall–Kier alpha value is -2.52. The minimum absolute atomic E-state index is 0.263. The maximum absolute atomic E-state index is 12.3. The standard InChI is InChI=1S/C30H38O2S/c1-3-4-5-6-7-8-9-12-17-27-22-24-30(25-23-27)33(32-26(2)31,28-18-13-10-14-19-28)29-20-15-11-16-21-29/h10-11,13-16,18-25H,3-9,12,17H2,1-2H3. The molecule has 0 saturated carbocycles. The highest BCUT2D eigenvalue weighted by Gasteiger charge is 2.34. The van der Waals surface area contributed by atoms with Crippen LogP contribution in [0.5, 0.6) is 0 Å². The van der Waals surface area contributed by atoms with E-state index in [0.717, 1.165) is 21.1 Å². The van der Waals surface area contributed by atoms with E-state index < -0.39 is 10.3 Å². The second-order valence-electron chi connectivity index (χ2n) is 8.63. The van der Waals surface area contributed by atoms with Crippen molar-refractivity contribution < 1.29 is 8.98 Å². The molecule has 3 heteroatoms. The van der Waals surface area contributed by atoms with Crippen LogP contribution in [0.15, 0.2) is 99.6 Å². The van der Waals surface area contributed by atoms with E-state index in [1.54, 1.807) is 0 Å². The normalized spacial score (nSPS) is 11.8. The Morgan fingerprint density at radius 1 is 0.636 bits per heavy atom. The van der Waals surface area contributed by atoms with Crippen LogP contribution in [0.4, 0.5) is 0 Å². The van der Waals surface area contributed by atoms with Gasteiger partial charge in [0.15, 0.2) is 0 Å². The largest absolute Gasteiger partial charge is 0.402 e. The van der Waals surface area contributed by atoms with Gasteiger partial charge in [-0.2, -0.15) is 0 Å². The highest BCUT2D eigenvalue weighted by atomic mass is 32.3. The van der Waals surface area contributed by atoms with Gasteiger partial charge in [0.25, 0.3) is 0 Å². The number of carbonyl (C=O) groups is 1. The molecule has 3 rings (SSSR count). The predicted octanol–water partition coefficient (Wildman–Crippen LogP) is 9.13. The summed E-state index contributed by atoms with van der Waals surface area (Å²) < 4.78 is 6.23. The van der Waals surface area contributed by atoms with Crippen LogP contribution >= 0.6 is 10.3 Å². The third kappa shape index (κ3) is 6.98. The summed E-state index contributed by atoms with van der Waals surface area (Å²) in [5, 5.41) is 0. The lowest BCUT2D eigenvalue weighted by Crippen LogP contribution is -2.11. The van der Waals surface area contributed by atoms with Crippen molar-refractivity contribution in [3.05, 3.63) is 90.5 Å². The Kier molecular flexibility index (Phi) is 10.1. The van der Waals surface area contributed by atoms with Crippen LogP contribution in [0, 0.1) is 0 Å². The summed E-state index contributed by atoms with van der Waals surface area (Å²) in [5.41, 5.74) is 1.35. The second-order valence-corrected chi connectivity index (χ2v) is 11.3. The summed E-state index contributed by atoms with van der Waals surface area (Å²) in [6.45, 7) is 3.77. The molecular weight excluding hydrogens is 424 g/mol. The molecule has 2 nitrogen and oxygen atoms in total. The molecule has 0 atom stereocenters. The van der Waals surface area contributed by atoms with Gasteiger partial charge in [0, 0.05) is 21.6 Å². The van der Waals surface area contributed by atoms with E-state index in [0.29, 0.717) is 0 Å². The molecule has 3 aromatic carbocycles. The third-order valence-corrected chi connectivity index (χ3v) is 9.26. The van der Waals surface area contributed by atoms with E-state index in [1.807, 2.05) is 36.4 Å². The maximum atomic E-state index is 12.3. The first-order chi connectivity index (χ1) is 16.2. The first kappa shape index (κ1) is 25.1. The topological polar surface area (TPSA) is 26.3 Å². The zero-order valence-electron chi connectivity index (χ0n) is 20.2. The van der Waals surface area contributed by atoms with Crippen molar-refractivity contribution in [2.75, 3.05) is 0 Å². The molecule has 0 amide bonds. The minimum atomic E-state index is -2.14. The fourth-order valence-electron chi connectivity index (χ4n) is 4.26. The van der Waals surface area contributed by atoms with Crippen molar-refractivity contribution >= 4 is 16.3 Å². The monoisotopic (exact) mass is 462 g/mol. The molecule has 0 heterocycles. The summed E-state index contributed by atoms with van der Waals surface area (Å²) in [6, 6.07) is 29.1. The fourth-order valence-corrected chi connectivity index (χ4v) is 7.32. The molecule has 0 aliphatic heterocycles. The van der Waals surface area contributed by atoms with Crippen molar-refractivity contribution in [2.24, 2.45) is 0 Å². The van der Waals surface area contributed by atoms with E-state index in [9.17, 15) is 4.79 Å². The van der Waals surface area contributed by atoms with Gasteiger partial charge in [-0.1, -0.05) is 100 Å². The molecule has 0 bridgehead atoms. The van der Waals surface area contributed by atoms with Gasteiger partial charge >= 0.3 is 5.97 Å². The van der Waals surface area contributed by atoms with Gasteiger partial charge in [-0.15, -0.1) is 0 Å². The molecule has 33 heavy (non-hydrogen) atoms. The van der Waals surface area contributed by atoms with Gasteiger partial charge in [0.2, 0.25) is 0 Å². The number of carbonyl (C=O) groups excluding carboxylic acids is 1. The van der Waals surface area contributed by atoms with Gasteiger partial charge in [-0.3, -0.25) is 4.79 Å². The van der Waals surface area contributed by atoms with Crippen LogP contribution < -0.4 is 0 Å². The molecule has 0 fully saturated rings. The summed E-state index contributed by atoms with van der Waals surface area (Å²) in [5.74, 6) is -0.263. The molecule has 0 radical (unpaired) electrons. The first-order valence-corrected chi connectivity index (χ1v) is 13.9. The Bertz CT molecular complexity index is 912. The molecule has 0 N–H and O–H groups in total. The number of aryl methyl sites for hydroxylation is 1. The molecule has 0 spiro atoms. The van der Waals surface area contributed by atoms with Crippen molar-refractivity contribution in [3.63, 3.8) is 0 Å². The lowest BCUT2D eigenvalue weighted by Gasteiger charge is -2.39. The zero-order valence-corrected chi connectivity index (χ0v) is 21.0. The molecule has 0 aliphatic rings. The Labute approximate surface area is 201 Å². The van der Waals surface area contributed by atoms with E-state index in [-0.39, 0.29) is 5.97 Å². The number of benzene rings is 3. The van der Waals surface area contributed by atoms with Crippen LogP contribution in [0.3, 0.4) is 0 Å². The quantitative estimate of drug-likeness (QED) is 0.237. The highest BCUT2D eigenvalue weighted by Crippen LogP contribution is 2.69. The van der Waals surface area contributed by atoms with Crippen LogP contribution in [-0.2, 0) is 15.4 Å². The third-order valence-electron chi connectivity index (χ3n) is 5.97. The Morgan fingerprint density at radius 2 is 1.09 bits per heavy atom. The van der Waals surface area contributed by atoms with Gasteiger partial charge in [-0.25, -0.2) is 0 Å². The highest BCUT2D eigenvalue weighted by molar-refractivity contribution is 8.30. The molecule has 176 valence electrons. The maximum Gasteiger partial charge on any atom is 0.313 e. The lowest BCUT2D eigenvalue weighted by molar-refractivity contribution is -0.131. The molecule has 0 unspecified atom stereocenters. The molecule has 0 saturated heterocycles. The van der Waals surface area contributed by atoms with Gasteiger partial charge in [-0.05, 0) is 65.1 Å². The van der Waals surface area contributed by atoms with E-state index in [2.05, 4.69) is 55.5 Å². The first-order valence-electron chi connectivity index (χ1n) is 12.4. The van der Waals surface area contributed by atoms with E-state index >= 15 is 0 Å². The average molecular weight is 463 g/mol. The van der Waals surface area contributed by atoms with Gasteiger partial charge in [0.05, 0.1) is 0 Å². The summed E-state index contributed by atoms with van der Waals surface area (Å²) in [4.78, 5) is 15.4. The lowest BCUT2D eigenvalue weighted by atomic mass is 10.0. The molecule has 3 aromatic rings. The Morgan fingerprint density at radius 3 is 1.58 bits per heavy atom. The van der Waals surface area contributed by atoms with E-state index in [4.69, 9.17) is 4.18 Å². The smallest absolute Gasteiger partial charge is 0.313 e. The molecular formula is C30H38O2S. The number of unbranched alkanes of at least 4 members (excludes halogenated alkanes) is 7. The van der Waals surface area contributed by atoms with Crippen LogP contribution in [0.25, 0.3) is 0 Å². The fraction of sp³-hybridized carbons (Fsp3) is 0.367. The predicted molar refractivity (Wildman–Crippen MR) is 140 cm³/mol. The molecule has 0 aliphatic carbocycles. The van der Waals surface area contributed by atoms with Gasteiger partial charge < -0.3 is 4.18 Å². The van der Waals surface area contributed by atoms with Crippen molar-refractivity contribution in [1.29, 1.82) is 0 Å². The Balaban J connectivity index is 1.77. The SMILES string of the molecule is CCCCCCCCCCc1ccc(S(OC(C)=O)(c2ccccc2)c2ccccc2)cc1.